The molecule has 2 aliphatic carbocycles. The Bertz CT molecular complexity index is 795. The van der Waals surface area contributed by atoms with Crippen LogP contribution in [0.5, 0.6) is 0 Å². The van der Waals surface area contributed by atoms with E-state index in [1.165, 1.54) is 0 Å². The van der Waals surface area contributed by atoms with Crippen molar-refractivity contribution < 1.29 is 14.7 Å². The van der Waals surface area contributed by atoms with E-state index in [-0.39, 0.29) is 17.7 Å². The first-order valence-electron chi connectivity index (χ1n) is 7.28. The van der Waals surface area contributed by atoms with Crippen molar-refractivity contribution >= 4 is 28.5 Å². The Balaban J connectivity index is 1.58. The Morgan fingerprint density at radius 2 is 2.00 bits per heavy atom. The predicted octanol–water partition coefficient (Wildman–Crippen LogP) is 2.02. The lowest BCUT2D eigenvalue weighted by Gasteiger charge is -2.23. The minimum absolute atomic E-state index is 0.0201. The highest BCUT2D eigenvalue weighted by atomic mass is 16.4. The molecule has 6 heteroatoms. The summed E-state index contributed by atoms with van der Waals surface area (Å²) >= 11 is 0. The Morgan fingerprint density at radius 1 is 1.23 bits per heavy atom. The van der Waals surface area contributed by atoms with Crippen molar-refractivity contribution in [1.82, 2.24) is 10.2 Å². The van der Waals surface area contributed by atoms with Gasteiger partial charge in [0.05, 0.1) is 23.5 Å². The fourth-order valence-electron chi connectivity index (χ4n) is 3.76. The lowest BCUT2D eigenvalue weighted by molar-refractivity contribution is -0.146. The monoisotopic (exact) mass is 297 g/mol. The van der Waals surface area contributed by atoms with Crippen molar-refractivity contribution in [3.05, 3.63) is 36.5 Å². The van der Waals surface area contributed by atoms with E-state index in [4.69, 9.17) is 0 Å². The molecule has 22 heavy (non-hydrogen) atoms. The van der Waals surface area contributed by atoms with Crippen molar-refractivity contribution in [3.8, 4) is 0 Å². The third-order valence-corrected chi connectivity index (χ3v) is 4.76. The average Bonchev–Trinajstić information content (AvgIpc) is 3.20. The maximum absolute atomic E-state index is 12.6. The summed E-state index contributed by atoms with van der Waals surface area (Å²) < 4.78 is 0. The SMILES string of the molecule is O=C(O)[C@@H]1[C@H](C(=O)Nc2ccc3cn[nH]c3c2)[C@@H]2C=C[C@H]1C2. The van der Waals surface area contributed by atoms with Gasteiger partial charge in [-0.15, -0.1) is 0 Å². The zero-order valence-corrected chi connectivity index (χ0v) is 11.7. The lowest BCUT2D eigenvalue weighted by Crippen LogP contribution is -2.36. The van der Waals surface area contributed by atoms with Gasteiger partial charge in [-0.05, 0) is 36.5 Å². The predicted molar refractivity (Wildman–Crippen MR) is 80.1 cm³/mol. The molecule has 1 aromatic carbocycles. The van der Waals surface area contributed by atoms with Crippen LogP contribution in [-0.2, 0) is 9.59 Å². The molecular weight excluding hydrogens is 282 g/mol. The number of amides is 1. The van der Waals surface area contributed by atoms with Gasteiger partial charge in [-0.1, -0.05) is 12.2 Å². The Kier molecular flexibility index (Phi) is 2.79. The number of allylic oxidation sites excluding steroid dienone is 2. The van der Waals surface area contributed by atoms with Gasteiger partial charge in [0.25, 0.3) is 0 Å². The highest BCUT2D eigenvalue weighted by Gasteiger charge is 2.51. The number of benzene rings is 1. The first-order chi connectivity index (χ1) is 10.6. The summed E-state index contributed by atoms with van der Waals surface area (Å²) in [6.45, 7) is 0. The van der Waals surface area contributed by atoms with Gasteiger partial charge >= 0.3 is 5.97 Å². The zero-order valence-electron chi connectivity index (χ0n) is 11.7. The van der Waals surface area contributed by atoms with Gasteiger partial charge in [0.2, 0.25) is 5.91 Å². The number of carbonyl (C=O) groups excluding carboxylic acids is 1. The third-order valence-electron chi connectivity index (χ3n) is 4.76. The van der Waals surface area contributed by atoms with E-state index in [2.05, 4.69) is 15.5 Å². The van der Waals surface area contributed by atoms with E-state index in [1.807, 2.05) is 18.2 Å². The second-order valence-electron chi connectivity index (χ2n) is 6.00. The molecule has 3 N–H and O–H groups in total. The van der Waals surface area contributed by atoms with Crippen LogP contribution in [0.1, 0.15) is 6.42 Å². The molecule has 4 rings (SSSR count). The van der Waals surface area contributed by atoms with Crippen molar-refractivity contribution in [2.45, 2.75) is 6.42 Å². The number of carbonyl (C=O) groups is 2. The molecule has 2 aromatic rings. The number of aromatic nitrogens is 2. The molecule has 0 radical (unpaired) electrons. The number of anilines is 1. The summed E-state index contributed by atoms with van der Waals surface area (Å²) in [5.74, 6) is -2.21. The summed E-state index contributed by atoms with van der Waals surface area (Å²) in [5, 5.41) is 20.0. The van der Waals surface area contributed by atoms with Crippen LogP contribution in [0, 0.1) is 23.7 Å². The standard InChI is InChI=1S/C16H15N3O3/c20-15(13-8-1-2-9(5-8)14(13)16(21)22)18-11-4-3-10-7-17-19-12(10)6-11/h1-4,6-9,13-14H,5H2,(H,17,19)(H,18,20)(H,21,22)/t8-,9+,13-,14+/m1/s1. The highest BCUT2D eigenvalue weighted by molar-refractivity contribution is 5.97. The molecule has 1 heterocycles. The zero-order chi connectivity index (χ0) is 15.3. The van der Waals surface area contributed by atoms with Crippen LogP contribution in [0.3, 0.4) is 0 Å². The summed E-state index contributed by atoms with van der Waals surface area (Å²) in [5.41, 5.74) is 1.48. The second kappa shape index (κ2) is 4.69. The minimum Gasteiger partial charge on any atom is -0.481 e. The summed E-state index contributed by atoms with van der Waals surface area (Å²) in [4.78, 5) is 24.0. The van der Waals surface area contributed by atoms with Crippen molar-refractivity contribution in [2.24, 2.45) is 23.7 Å². The number of rotatable bonds is 3. The molecule has 0 unspecified atom stereocenters. The molecule has 1 saturated carbocycles. The minimum atomic E-state index is -0.888. The van der Waals surface area contributed by atoms with Crippen LogP contribution in [0.15, 0.2) is 36.5 Å². The van der Waals surface area contributed by atoms with Crippen molar-refractivity contribution in [2.75, 3.05) is 5.32 Å². The van der Waals surface area contributed by atoms with Crippen LogP contribution in [0.25, 0.3) is 10.9 Å². The fraction of sp³-hybridized carbons (Fsp3) is 0.312. The Labute approximate surface area is 126 Å². The molecule has 0 aliphatic heterocycles. The van der Waals surface area contributed by atoms with E-state index in [1.54, 1.807) is 18.3 Å². The van der Waals surface area contributed by atoms with Gasteiger partial charge in [-0.3, -0.25) is 14.7 Å². The maximum Gasteiger partial charge on any atom is 0.307 e. The van der Waals surface area contributed by atoms with E-state index < -0.39 is 17.8 Å². The van der Waals surface area contributed by atoms with Crippen molar-refractivity contribution in [1.29, 1.82) is 0 Å². The van der Waals surface area contributed by atoms with Gasteiger partial charge in [0.15, 0.2) is 0 Å². The van der Waals surface area contributed by atoms with E-state index in [9.17, 15) is 14.7 Å². The molecule has 0 saturated heterocycles. The number of fused-ring (bicyclic) bond motifs is 3. The maximum atomic E-state index is 12.6. The quantitative estimate of drug-likeness (QED) is 0.755. The van der Waals surface area contributed by atoms with Crippen LogP contribution < -0.4 is 5.32 Å². The number of carboxylic acid groups (broad SMARTS) is 1. The number of nitrogens with zero attached hydrogens (tertiary/aromatic N) is 1. The van der Waals surface area contributed by atoms with Gasteiger partial charge in [0.1, 0.15) is 0 Å². The number of carboxylic acids is 1. The summed E-state index contributed by atoms with van der Waals surface area (Å²) in [6, 6.07) is 5.47. The smallest absolute Gasteiger partial charge is 0.307 e. The molecule has 1 amide bonds. The van der Waals surface area contributed by atoms with E-state index in [0.717, 1.165) is 17.3 Å². The molecule has 2 aliphatic rings. The normalized spacial score (nSPS) is 29.1. The molecule has 1 aromatic heterocycles. The topological polar surface area (TPSA) is 95.1 Å². The average molecular weight is 297 g/mol. The number of nitrogens with one attached hydrogen (secondary N) is 2. The van der Waals surface area contributed by atoms with E-state index >= 15 is 0 Å². The molecule has 0 spiro atoms. The van der Waals surface area contributed by atoms with Crippen LogP contribution in [0.4, 0.5) is 5.69 Å². The summed E-state index contributed by atoms with van der Waals surface area (Å²) in [7, 11) is 0. The second-order valence-corrected chi connectivity index (χ2v) is 6.00. The highest BCUT2D eigenvalue weighted by Crippen LogP contribution is 2.48. The first kappa shape index (κ1) is 13.1. The van der Waals surface area contributed by atoms with Crippen LogP contribution >= 0.6 is 0 Å². The molecule has 4 atom stereocenters. The Hall–Kier alpha value is -2.63. The molecule has 1 fully saturated rings. The number of aromatic amines is 1. The number of H-pyrrole nitrogens is 1. The number of hydrogen-bond acceptors (Lipinski definition) is 3. The van der Waals surface area contributed by atoms with Crippen LogP contribution in [-0.4, -0.2) is 27.2 Å². The fourth-order valence-corrected chi connectivity index (χ4v) is 3.76. The number of aliphatic carboxylic acids is 1. The van der Waals surface area contributed by atoms with Crippen molar-refractivity contribution in [3.63, 3.8) is 0 Å². The first-order valence-corrected chi connectivity index (χ1v) is 7.28. The molecule has 2 bridgehead atoms. The molecule has 112 valence electrons. The van der Waals surface area contributed by atoms with Gasteiger partial charge in [0, 0.05) is 11.1 Å². The van der Waals surface area contributed by atoms with E-state index in [0.29, 0.717) is 5.69 Å². The number of hydrogen-bond donors (Lipinski definition) is 3. The van der Waals surface area contributed by atoms with Crippen LogP contribution in [0.2, 0.25) is 0 Å². The van der Waals surface area contributed by atoms with Gasteiger partial charge < -0.3 is 10.4 Å². The molecule has 6 nitrogen and oxygen atoms in total. The lowest BCUT2D eigenvalue weighted by atomic mass is 9.82. The summed E-state index contributed by atoms with van der Waals surface area (Å²) in [6.07, 6.45) is 6.38. The van der Waals surface area contributed by atoms with Gasteiger partial charge in [-0.2, -0.15) is 5.10 Å². The van der Waals surface area contributed by atoms with Gasteiger partial charge in [-0.25, -0.2) is 0 Å². The Morgan fingerprint density at radius 3 is 2.77 bits per heavy atom. The third kappa shape index (κ3) is 1.91. The largest absolute Gasteiger partial charge is 0.481 e. The molecular formula is C16H15N3O3.